The molecule has 2 aliphatic heterocycles. The minimum absolute atomic E-state index is 0.117. The van der Waals surface area contributed by atoms with Gasteiger partial charge in [0.15, 0.2) is 5.65 Å². The fourth-order valence-corrected chi connectivity index (χ4v) is 3.24. The largest absolute Gasteiger partial charge is 0.379 e. The van der Waals surface area contributed by atoms with E-state index >= 15 is 0 Å². The fraction of sp³-hybridized carbons (Fsp3) is 0.600. The molecular weight excluding hydrogens is 254 g/mol. The van der Waals surface area contributed by atoms with Crippen molar-refractivity contribution in [3.05, 3.63) is 24.2 Å². The summed E-state index contributed by atoms with van der Waals surface area (Å²) >= 11 is 0. The molecule has 0 aliphatic carbocycles. The average Bonchev–Trinajstić information content (AvgIpc) is 3.15. The number of imidazole rings is 1. The zero-order chi connectivity index (χ0) is 13.4. The number of aromatic nitrogens is 3. The van der Waals surface area contributed by atoms with Gasteiger partial charge in [-0.15, -0.1) is 0 Å². The molecule has 2 atom stereocenters. The van der Waals surface area contributed by atoms with Gasteiger partial charge in [-0.3, -0.25) is 0 Å². The Morgan fingerprint density at radius 1 is 1.20 bits per heavy atom. The molecule has 0 N–H and O–H groups in total. The van der Waals surface area contributed by atoms with Crippen molar-refractivity contribution in [2.45, 2.75) is 37.8 Å². The number of rotatable bonds is 2. The molecule has 0 spiro atoms. The van der Waals surface area contributed by atoms with Crippen LogP contribution in [0.15, 0.2) is 18.3 Å². The molecule has 0 radical (unpaired) electrons. The van der Waals surface area contributed by atoms with Crippen LogP contribution in [0.25, 0.3) is 11.2 Å². The quantitative estimate of drug-likeness (QED) is 0.844. The van der Waals surface area contributed by atoms with Crippen LogP contribution in [0.5, 0.6) is 0 Å². The summed E-state index contributed by atoms with van der Waals surface area (Å²) in [7, 11) is 0. The SMILES string of the molecule is c1cnc2c(c1)nc(C1CCCO1)n2C1CCCOC1. The van der Waals surface area contributed by atoms with Gasteiger partial charge in [-0.25, -0.2) is 9.97 Å². The van der Waals surface area contributed by atoms with Crippen molar-refractivity contribution in [1.82, 2.24) is 14.5 Å². The predicted molar refractivity (Wildman–Crippen MR) is 74.5 cm³/mol. The molecule has 4 rings (SSSR count). The molecule has 0 aromatic carbocycles. The van der Waals surface area contributed by atoms with E-state index < -0.39 is 0 Å². The monoisotopic (exact) mass is 273 g/mol. The van der Waals surface area contributed by atoms with Gasteiger partial charge in [-0.05, 0) is 37.8 Å². The van der Waals surface area contributed by atoms with Gasteiger partial charge in [-0.1, -0.05) is 0 Å². The smallest absolute Gasteiger partial charge is 0.160 e. The predicted octanol–water partition coefficient (Wildman–Crippen LogP) is 2.63. The second kappa shape index (κ2) is 5.14. The molecule has 5 heteroatoms. The van der Waals surface area contributed by atoms with Crippen molar-refractivity contribution >= 4 is 11.2 Å². The lowest BCUT2D eigenvalue weighted by molar-refractivity contribution is 0.0521. The second-order valence-corrected chi connectivity index (χ2v) is 5.56. The van der Waals surface area contributed by atoms with Gasteiger partial charge in [0, 0.05) is 19.4 Å². The highest BCUT2D eigenvalue weighted by molar-refractivity contribution is 5.71. The Bertz CT molecular complexity index is 598. The maximum absolute atomic E-state index is 5.85. The molecule has 2 fully saturated rings. The van der Waals surface area contributed by atoms with Crippen LogP contribution < -0.4 is 0 Å². The number of hydrogen-bond donors (Lipinski definition) is 0. The summed E-state index contributed by atoms with van der Waals surface area (Å²) in [6.07, 6.45) is 6.35. The van der Waals surface area contributed by atoms with Crippen LogP contribution in [0.4, 0.5) is 0 Å². The van der Waals surface area contributed by atoms with Crippen molar-refractivity contribution in [3.8, 4) is 0 Å². The standard InChI is InChI=1S/C15H19N3O2/c1-5-12-14(16-7-1)18(11-4-2-8-19-10-11)15(17-12)13-6-3-9-20-13/h1,5,7,11,13H,2-4,6,8-10H2. The highest BCUT2D eigenvalue weighted by atomic mass is 16.5. The third kappa shape index (κ3) is 2.01. The Kier molecular flexibility index (Phi) is 3.16. The van der Waals surface area contributed by atoms with E-state index in [2.05, 4.69) is 9.55 Å². The van der Waals surface area contributed by atoms with Gasteiger partial charge < -0.3 is 14.0 Å². The Morgan fingerprint density at radius 3 is 2.95 bits per heavy atom. The van der Waals surface area contributed by atoms with Gasteiger partial charge in [0.25, 0.3) is 0 Å². The van der Waals surface area contributed by atoms with E-state index in [1.165, 1.54) is 0 Å². The lowest BCUT2D eigenvalue weighted by atomic mass is 10.1. The van der Waals surface area contributed by atoms with Gasteiger partial charge in [0.05, 0.1) is 12.6 Å². The van der Waals surface area contributed by atoms with Crippen LogP contribution in [-0.2, 0) is 9.47 Å². The van der Waals surface area contributed by atoms with E-state index in [1.807, 2.05) is 18.3 Å². The van der Waals surface area contributed by atoms with Crippen molar-refractivity contribution in [1.29, 1.82) is 0 Å². The Balaban J connectivity index is 1.83. The summed E-state index contributed by atoms with van der Waals surface area (Å²) in [5.41, 5.74) is 1.93. The Labute approximate surface area is 117 Å². The number of fused-ring (bicyclic) bond motifs is 1. The molecule has 2 unspecified atom stereocenters. The number of hydrogen-bond acceptors (Lipinski definition) is 4. The maximum atomic E-state index is 5.85. The molecule has 106 valence electrons. The fourth-order valence-electron chi connectivity index (χ4n) is 3.24. The van der Waals surface area contributed by atoms with Gasteiger partial charge in [-0.2, -0.15) is 0 Å². The summed E-state index contributed by atoms with van der Waals surface area (Å²) in [4.78, 5) is 9.33. The molecule has 2 saturated heterocycles. The van der Waals surface area contributed by atoms with E-state index in [4.69, 9.17) is 14.5 Å². The molecule has 5 nitrogen and oxygen atoms in total. The van der Waals surface area contributed by atoms with Crippen molar-refractivity contribution in [3.63, 3.8) is 0 Å². The molecule has 2 aliphatic rings. The molecule has 0 bridgehead atoms. The van der Waals surface area contributed by atoms with Gasteiger partial charge in [0.1, 0.15) is 17.4 Å². The van der Waals surface area contributed by atoms with Crippen LogP contribution in [-0.4, -0.2) is 34.4 Å². The normalized spacial score (nSPS) is 27.2. The van der Waals surface area contributed by atoms with Crippen molar-refractivity contribution in [2.24, 2.45) is 0 Å². The molecular formula is C15H19N3O2. The van der Waals surface area contributed by atoms with E-state index in [-0.39, 0.29) is 6.10 Å². The summed E-state index contributed by atoms with van der Waals surface area (Å²) in [5.74, 6) is 1.03. The minimum Gasteiger partial charge on any atom is -0.379 e. The number of pyridine rings is 1. The maximum Gasteiger partial charge on any atom is 0.160 e. The van der Waals surface area contributed by atoms with Crippen molar-refractivity contribution in [2.75, 3.05) is 19.8 Å². The summed E-state index contributed by atoms with van der Waals surface area (Å²) < 4.78 is 13.8. The highest BCUT2D eigenvalue weighted by Crippen LogP contribution is 2.34. The lowest BCUT2D eigenvalue weighted by Crippen LogP contribution is -2.24. The highest BCUT2D eigenvalue weighted by Gasteiger charge is 2.29. The van der Waals surface area contributed by atoms with Crippen LogP contribution in [0, 0.1) is 0 Å². The third-order valence-corrected chi connectivity index (χ3v) is 4.20. The zero-order valence-corrected chi connectivity index (χ0v) is 11.5. The summed E-state index contributed by atoms with van der Waals surface area (Å²) in [6.45, 7) is 2.45. The first-order chi connectivity index (χ1) is 9.93. The molecule has 2 aromatic heterocycles. The van der Waals surface area contributed by atoms with E-state index in [9.17, 15) is 0 Å². The molecule has 0 saturated carbocycles. The molecule has 20 heavy (non-hydrogen) atoms. The Morgan fingerprint density at radius 2 is 2.15 bits per heavy atom. The van der Waals surface area contributed by atoms with E-state index in [0.717, 1.165) is 62.5 Å². The number of nitrogens with zero attached hydrogens (tertiary/aromatic N) is 3. The third-order valence-electron chi connectivity index (χ3n) is 4.20. The van der Waals surface area contributed by atoms with Gasteiger partial charge in [0.2, 0.25) is 0 Å². The Hall–Kier alpha value is -1.46. The second-order valence-electron chi connectivity index (χ2n) is 5.56. The van der Waals surface area contributed by atoms with Gasteiger partial charge >= 0.3 is 0 Å². The topological polar surface area (TPSA) is 49.2 Å². The minimum atomic E-state index is 0.117. The molecule has 4 heterocycles. The first kappa shape index (κ1) is 12.3. The van der Waals surface area contributed by atoms with Crippen molar-refractivity contribution < 1.29 is 9.47 Å². The lowest BCUT2D eigenvalue weighted by Gasteiger charge is -2.26. The van der Waals surface area contributed by atoms with Crippen LogP contribution >= 0.6 is 0 Å². The van der Waals surface area contributed by atoms with Crippen LogP contribution in [0.2, 0.25) is 0 Å². The van der Waals surface area contributed by atoms with E-state index in [0.29, 0.717) is 6.04 Å². The average molecular weight is 273 g/mol. The first-order valence-electron chi connectivity index (χ1n) is 7.45. The zero-order valence-electron chi connectivity index (χ0n) is 11.5. The molecule has 0 amide bonds. The van der Waals surface area contributed by atoms with E-state index in [1.54, 1.807) is 0 Å². The van der Waals surface area contributed by atoms with Crippen LogP contribution in [0.1, 0.15) is 43.7 Å². The first-order valence-corrected chi connectivity index (χ1v) is 7.45. The summed E-state index contributed by atoms with van der Waals surface area (Å²) in [6, 6.07) is 4.31. The van der Waals surface area contributed by atoms with Crippen LogP contribution in [0.3, 0.4) is 0 Å². The summed E-state index contributed by atoms with van der Waals surface area (Å²) in [5, 5.41) is 0. The number of ether oxygens (including phenoxy) is 2. The molecule has 2 aromatic rings.